The summed E-state index contributed by atoms with van der Waals surface area (Å²) in [5.41, 5.74) is 3.59. The lowest BCUT2D eigenvalue weighted by Gasteiger charge is -2.09. The van der Waals surface area contributed by atoms with Crippen molar-refractivity contribution >= 4 is 22.9 Å². The van der Waals surface area contributed by atoms with Gasteiger partial charge in [-0.25, -0.2) is 5.43 Å². The summed E-state index contributed by atoms with van der Waals surface area (Å²) in [7, 11) is 0. The number of thiophene rings is 1. The Labute approximate surface area is 83.5 Å². The second-order valence-corrected chi connectivity index (χ2v) is 4.03. The summed E-state index contributed by atoms with van der Waals surface area (Å²) in [4.78, 5) is 1.15. The molecule has 0 saturated heterocycles. The molecule has 68 valence electrons. The van der Waals surface area contributed by atoms with E-state index in [0.717, 1.165) is 10.6 Å². The summed E-state index contributed by atoms with van der Waals surface area (Å²) in [6.45, 7) is 0. The quantitative estimate of drug-likeness (QED) is 0.592. The highest BCUT2D eigenvalue weighted by Gasteiger charge is 2.15. The predicted molar refractivity (Wildman–Crippen MR) is 53.4 cm³/mol. The summed E-state index contributed by atoms with van der Waals surface area (Å²) in [5, 5.41) is 7.88. The molecule has 2 rings (SSSR count). The second kappa shape index (κ2) is 3.93. The Morgan fingerprint density at radius 1 is 1.54 bits per heavy atom. The largest absolute Gasteiger partial charge is 0.270 e. The van der Waals surface area contributed by atoms with Crippen molar-refractivity contribution in [2.24, 2.45) is 5.84 Å². The van der Waals surface area contributed by atoms with E-state index in [1.807, 2.05) is 22.9 Å². The van der Waals surface area contributed by atoms with Crippen LogP contribution in [0.2, 0.25) is 0 Å². The Hall–Kier alpha value is -0.820. The lowest BCUT2D eigenvalue weighted by atomic mass is 10.2. The third kappa shape index (κ3) is 1.75. The first kappa shape index (κ1) is 8.76. The van der Waals surface area contributed by atoms with Gasteiger partial charge in [0.15, 0.2) is 0 Å². The average molecular weight is 212 g/mol. The zero-order valence-electron chi connectivity index (χ0n) is 6.68. The van der Waals surface area contributed by atoms with E-state index in [1.54, 1.807) is 11.3 Å². The number of nitrogens with two attached hydrogens (primary N) is 1. The molecule has 0 aliphatic rings. The van der Waals surface area contributed by atoms with Crippen LogP contribution in [-0.4, -0.2) is 9.59 Å². The van der Waals surface area contributed by atoms with Gasteiger partial charge in [-0.05, 0) is 23.0 Å². The molecule has 0 radical (unpaired) electrons. The van der Waals surface area contributed by atoms with Crippen molar-refractivity contribution in [2.45, 2.75) is 6.04 Å². The van der Waals surface area contributed by atoms with Gasteiger partial charge in [-0.2, -0.15) is 0 Å². The molecule has 6 heteroatoms. The number of rotatable bonds is 3. The van der Waals surface area contributed by atoms with Crippen molar-refractivity contribution in [2.75, 3.05) is 0 Å². The third-order valence-electron chi connectivity index (χ3n) is 1.67. The summed E-state index contributed by atoms with van der Waals surface area (Å²) in [6.07, 6.45) is 0. The molecule has 0 amide bonds. The number of nitrogens with one attached hydrogen (secondary N) is 1. The maximum atomic E-state index is 5.45. The van der Waals surface area contributed by atoms with E-state index in [2.05, 4.69) is 15.0 Å². The van der Waals surface area contributed by atoms with Gasteiger partial charge in [0.1, 0.15) is 6.04 Å². The minimum Gasteiger partial charge on any atom is -0.270 e. The molecule has 2 heterocycles. The molecule has 4 nitrogen and oxygen atoms in total. The van der Waals surface area contributed by atoms with E-state index in [4.69, 9.17) is 5.84 Å². The van der Waals surface area contributed by atoms with Crippen LogP contribution in [0, 0.1) is 0 Å². The van der Waals surface area contributed by atoms with Crippen LogP contribution in [-0.2, 0) is 0 Å². The van der Waals surface area contributed by atoms with E-state index in [9.17, 15) is 0 Å². The highest BCUT2D eigenvalue weighted by Crippen LogP contribution is 2.23. The molecular formula is C7H8N4S2. The molecule has 2 aromatic rings. The van der Waals surface area contributed by atoms with Crippen LogP contribution >= 0.6 is 22.9 Å². The summed E-state index contributed by atoms with van der Waals surface area (Å²) in [5.74, 6) is 5.45. The van der Waals surface area contributed by atoms with Crippen molar-refractivity contribution < 1.29 is 0 Å². The van der Waals surface area contributed by atoms with Crippen LogP contribution in [0.3, 0.4) is 0 Å². The Kier molecular flexibility index (Phi) is 2.65. The van der Waals surface area contributed by atoms with Gasteiger partial charge in [0.2, 0.25) is 0 Å². The predicted octanol–water partition coefficient (Wildman–Crippen LogP) is 1.15. The molecule has 1 unspecified atom stereocenters. The molecule has 0 fully saturated rings. The van der Waals surface area contributed by atoms with Crippen molar-refractivity contribution in [3.8, 4) is 0 Å². The maximum absolute atomic E-state index is 5.45. The summed E-state index contributed by atoms with van der Waals surface area (Å²) < 4.78 is 3.80. The fraction of sp³-hybridized carbons (Fsp3) is 0.143. The normalized spacial score (nSPS) is 13.0. The minimum absolute atomic E-state index is 0.0289. The van der Waals surface area contributed by atoms with Crippen LogP contribution in [0.1, 0.15) is 16.6 Å². The standard InChI is InChI=1S/C7H8N4S2/c8-9-7(5-4-13-11-10-5)6-2-1-3-12-6/h1-4,7,9H,8H2. The smallest absolute Gasteiger partial charge is 0.100 e. The van der Waals surface area contributed by atoms with Crippen LogP contribution in [0.4, 0.5) is 0 Å². The van der Waals surface area contributed by atoms with E-state index < -0.39 is 0 Å². The average Bonchev–Trinajstić information content (AvgIpc) is 2.76. The van der Waals surface area contributed by atoms with Crippen molar-refractivity contribution in [3.05, 3.63) is 33.5 Å². The molecular weight excluding hydrogens is 204 g/mol. The monoisotopic (exact) mass is 212 g/mol. The minimum atomic E-state index is -0.0289. The summed E-state index contributed by atoms with van der Waals surface area (Å²) in [6, 6.07) is 3.98. The van der Waals surface area contributed by atoms with Gasteiger partial charge >= 0.3 is 0 Å². The molecule has 0 aliphatic carbocycles. The van der Waals surface area contributed by atoms with Gasteiger partial charge in [0.05, 0.1) is 5.69 Å². The zero-order chi connectivity index (χ0) is 9.10. The first-order valence-corrected chi connectivity index (χ1v) is 5.40. The third-order valence-corrected chi connectivity index (χ3v) is 3.13. The molecule has 0 bridgehead atoms. The first-order chi connectivity index (χ1) is 6.42. The molecule has 0 aliphatic heterocycles. The van der Waals surface area contributed by atoms with Crippen molar-refractivity contribution in [3.63, 3.8) is 0 Å². The van der Waals surface area contributed by atoms with E-state index >= 15 is 0 Å². The number of hydrogen-bond acceptors (Lipinski definition) is 6. The van der Waals surface area contributed by atoms with Crippen LogP contribution in [0.5, 0.6) is 0 Å². The van der Waals surface area contributed by atoms with Crippen LogP contribution in [0.15, 0.2) is 22.9 Å². The van der Waals surface area contributed by atoms with Crippen LogP contribution in [0.25, 0.3) is 0 Å². The zero-order valence-corrected chi connectivity index (χ0v) is 8.31. The number of aromatic nitrogens is 2. The second-order valence-electron chi connectivity index (χ2n) is 2.44. The first-order valence-electron chi connectivity index (χ1n) is 3.68. The fourth-order valence-corrected chi connectivity index (χ4v) is 2.34. The lowest BCUT2D eigenvalue weighted by molar-refractivity contribution is 0.628. The molecule has 1 atom stereocenters. The van der Waals surface area contributed by atoms with Crippen LogP contribution < -0.4 is 11.3 Å². The molecule has 0 spiro atoms. The highest BCUT2D eigenvalue weighted by molar-refractivity contribution is 7.10. The lowest BCUT2D eigenvalue weighted by Crippen LogP contribution is -2.28. The summed E-state index contributed by atoms with van der Waals surface area (Å²) >= 11 is 2.98. The molecule has 0 saturated carbocycles. The topological polar surface area (TPSA) is 63.8 Å². The number of hydrogen-bond donors (Lipinski definition) is 2. The van der Waals surface area contributed by atoms with E-state index in [-0.39, 0.29) is 6.04 Å². The van der Waals surface area contributed by atoms with Gasteiger partial charge in [0.25, 0.3) is 0 Å². The van der Waals surface area contributed by atoms with E-state index in [0.29, 0.717) is 0 Å². The Morgan fingerprint density at radius 2 is 2.46 bits per heavy atom. The molecule has 2 aromatic heterocycles. The molecule has 13 heavy (non-hydrogen) atoms. The fourth-order valence-electron chi connectivity index (χ4n) is 1.07. The SMILES string of the molecule is NNC(c1csnn1)c1cccs1. The van der Waals surface area contributed by atoms with E-state index in [1.165, 1.54) is 11.5 Å². The highest BCUT2D eigenvalue weighted by atomic mass is 32.1. The van der Waals surface area contributed by atoms with Crippen molar-refractivity contribution in [1.82, 2.24) is 15.0 Å². The van der Waals surface area contributed by atoms with Gasteiger partial charge in [-0.3, -0.25) is 5.84 Å². The molecule has 0 aromatic carbocycles. The number of hydrazine groups is 1. The Balaban J connectivity index is 2.29. The maximum Gasteiger partial charge on any atom is 0.100 e. The van der Waals surface area contributed by atoms with Gasteiger partial charge in [-0.1, -0.05) is 10.6 Å². The van der Waals surface area contributed by atoms with Gasteiger partial charge < -0.3 is 0 Å². The van der Waals surface area contributed by atoms with Gasteiger partial charge in [0, 0.05) is 10.3 Å². The Morgan fingerprint density at radius 3 is 3.00 bits per heavy atom. The van der Waals surface area contributed by atoms with Gasteiger partial charge in [-0.15, -0.1) is 16.4 Å². The van der Waals surface area contributed by atoms with Crippen molar-refractivity contribution in [1.29, 1.82) is 0 Å². The number of nitrogens with zero attached hydrogens (tertiary/aromatic N) is 2. The molecule has 3 N–H and O–H groups in total. The Bertz CT molecular complexity index is 308.